The first-order valence-electron chi connectivity index (χ1n) is 4.55. The monoisotopic (exact) mass is 221 g/mol. The highest BCUT2D eigenvalue weighted by molar-refractivity contribution is 5.93. The Bertz CT molecular complexity index is 512. The number of oxime groups is 1. The van der Waals surface area contributed by atoms with Gasteiger partial charge in [0.25, 0.3) is 0 Å². The zero-order chi connectivity index (χ0) is 11.5. The van der Waals surface area contributed by atoms with Crippen molar-refractivity contribution in [1.29, 1.82) is 0 Å². The van der Waals surface area contributed by atoms with Gasteiger partial charge in [-0.1, -0.05) is 5.16 Å². The van der Waals surface area contributed by atoms with Crippen molar-refractivity contribution < 1.29 is 5.21 Å². The molecule has 0 unspecified atom stereocenters. The topological polar surface area (TPSA) is 107 Å². The van der Waals surface area contributed by atoms with Gasteiger partial charge in [0.05, 0.1) is 12.2 Å². The van der Waals surface area contributed by atoms with Crippen LogP contribution in [0.3, 0.4) is 0 Å². The number of hydrogen-bond acceptors (Lipinski definition) is 5. The van der Waals surface area contributed by atoms with Crippen LogP contribution in [0.25, 0.3) is 0 Å². The maximum Gasteiger partial charge on any atom is 0.219 e. The fraction of sp³-hybridized carbons (Fsp3) is 0.250. The minimum absolute atomic E-state index is 0.111. The van der Waals surface area contributed by atoms with Gasteiger partial charge in [-0.25, -0.2) is 9.67 Å². The van der Waals surface area contributed by atoms with Crippen molar-refractivity contribution in [1.82, 2.24) is 24.5 Å². The molecule has 0 amide bonds. The van der Waals surface area contributed by atoms with Gasteiger partial charge in [0.2, 0.25) is 11.7 Å². The molecule has 0 saturated carbocycles. The maximum absolute atomic E-state index is 8.45. The minimum Gasteiger partial charge on any atom is -0.409 e. The Kier molecular flexibility index (Phi) is 2.54. The molecule has 2 aromatic heterocycles. The molecule has 2 aromatic rings. The van der Waals surface area contributed by atoms with E-state index in [0.29, 0.717) is 6.54 Å². The largest absolute Gasteiger partial charge is 0.409 e. The van der Waals surface area contributed by atoms with Crippen LogP contribution < -0.4 is 5.73 Å². The van der Waals surface area contributed by atoms with E-state index < -0.39 is 0 Å². The molecule has 8 heteroatoms. The van der Waals surface area contributed by atoms with Gasteiger partial charge in [-0.15, -0.1) is 5.10 Å². The molecule has 0 spiro atoms. The fourth-order valence-corrected chi connectivity index (χ4v) is 1.25. The molecule has 0 saturated heterocycles. The van der Waals surface area contributed by atoms with Crippen LogP contribution in [0.15, 0.2) is 23.7 Å². The van der Waals surface area contributed by atoms with E-state index in [4.69, 9.17) is 10.9 Å². The number of aryl methyl sites for hydroxylation is 1. The van der Waals surface area contributed by atoms with Gasteiger partial charge in [0.1, 0.15) is 6.33 Å². The highest BCUT2D eigenvalue weighted by Gasteiger charge is 2.06. The third-order valence-corrected chi connectivity index (χ3v) is 1.97. The molecule has 84 valence electrons. The molecule has 0 radical (unpaired) electrons. The molecule has 0 bridgehead atoms. The summed E-state index contributed by atoms with van der Waals surface area (Å²) in [7, 11) is 1.84. The van der Waals surface area contributed by atoms with Crippen molar-refractivity contribution in [3.63, 3.8) is 0 Å². The van der Waals surface area contributed by atoms with Crippen LogP contribution in [0.5, 0.6) is 0 Å². The van der Waals surface area contributed by atoms with Crippen molar-refractivity contribution in [2.75, 3.05) is 0 Å². The predicted molar refractivity (Wildman–Crippen MR) is 54.8 cm³/mol. The fourth-order valence-electron chi connectivity index (χ4n) is 1.25. The molecular formula is C8H11N7O. The van der Waals surface area contributed by atoms with Gasteiger partial charge < -0.3 is 10.9 Å². The summed E-state index contributed by atoms with van der Waals surface area (Å²) in [5.74, 6) is 0.0817. The van der Waals surface area contributed by atoms with E-state index in [1.54, 1.807) is 9.36 Å². The van der Waals surface area contributed by atoms with E-state index in [1.807, 2.05) is 19.3 Å². The summed E-state index contributed by atoms with van der Waals surface area (Å²) in [6, 6.07) is 1.88. The highest BCUT2D eigenvalue weighted by atomic mass is 16.4. The third-order valence-electron chi connectivity index (χ3n) is 1.97. The second kappa shape index (κ2) is 4.01. The van der Waals surface area contributed by atoms with Crippen LogP contribution >= 0.6 is 0 Å². The van der Waals surface area contributed by atoms with Gasteiger partial charge in [0.15, 0.2) is 0 Å². The van der Waals surface area contributed by atoms with E-state index in [9.17, 15) is 0 Å². The average molecular weight is 221 g/mol. The summed E-state index contributed by atoms with van der Waals surface area (Å²) in [6.07, 6.45) is 3.35. The van der Waals surface area contributed by atoms with Crippen molar-refractivity contribution in [2.24, 2.45) is 17.9 Å². The first-order chi connectivity index (χ1) is 7.69. The molecule has 0 aliphatic rings. The van der Waals surface area contributed by atoms with E-state index in [2.05, 4.69) is 20.3 Å². The zero-order valence-electron chi connectivity index (χ0n) is 8.65. The summed E-state index contributed by atoms with van der Waals surface area (Å²) in [6.45, 7) is 0.493. The summed E-state index contributed by atoms with van der Waals surface area (Å²) in [5.41, 5.74) is 6.21. The van der Waals surface area contributed by atoms with Crippen LogP contribution in [0.1, 0.15) is 11.5 Å². The van der Waals surface area contributed by atoms with Crippen LogP contribution in [0.4, 0.5) is 0 Å². The minimum atomic E-state index is -0.111. The number of amidine groups is 1. The highest BCUT2D eigenvalue weighted by Crippen LogP contribution is 1.98. The molecule has 0 atom stereocenters. The smallest absolute Gasteiger partial charge is 0.219 e. The van der Waals surface area contributed by atoms with Gasteiger partial charge >= 0.3 is 0 Å². The van der Waals surface area contributed by atoms with Crippen molar-refractivity contribution >= 4 is 5.84 Å². The predicted octanol–water partition coefficient (Wildman–Crippen LogP) is -0.846. The van der Waals surface area contributed by atoms with Crippen LogP contribution in [0.2, 0.25) is 0 Å². The Morgan fingerprint density at radius 2 is 2.38 bits per heavy atom. The van der Waals surface area contributed by atoms with Crippen LogP contribution in [-0.2, 0) is 13.6 Å². The molecule has 0 aromatic carbocycles. The number of hydrogen-bond donors (Lipinski definition) is 2. The Labute approximate surface area is 91.0 Å². The van der Waals surface area contributed by atoms with Gasteiger partial charge in [-0.3, -0.25) is 4.68 Å². The molecule has 8 nitrogen and oxygen atoms in total. The normalized spacial score (nSPS) is 11.9. The number of aromatic nitrogens is 5. The quantitative estimate of drug-likeness (QED) is 0.304. The van der Waals surface area contributed by atoms with E-state index in [1.165, 1.54) is 6.33 Å². The molecule has 3 N–H and O–H groups in total. The SMILES string of the molecule is Cn1ccc(Cn2cnc(/C(N)=N/O)n2)n1. The van der Waals surface area contributed by atoms with Gasteiger partial charge in [-0.2, -0.15) is 5.10 Å². The third kappa shape index (κ3) is 2.00. The molecule has 2 heterocycles. The Balaban J connectivity index is 2.14. The first kappa shape index (κ1) is 10.1. The Morgan fingerprint density at radius 1 is 1.56 bits per heavy atom. The van der Waals surface area contributed by atoms with E-state index >= 15 is 0 Å². The molecule has 16 heavy (non-hydrogen) atoms. The van der Waals surface area contributed by atoms with Gasteiger partial charge in [-0.05, 0) is 6.07 Å². The first-order valence-corrected chi connectivity index (χ1v) is 4.55. The zero-order valence-corrected chi connectivity index (χ0v) is 8.65. The maximum atomic E-state index is 8.45. The lowest BCUT2D eigenvalue weighted by Gasteiger charge is -1.95. The summed E-state index contributed by atoms with van der Waals surface area (Å²) >= 11 is 0. The Hall–Kier alpha value is -2.38. The average Bonchev–Trinajstić information content (AvgIpc) is 2.87. The summed E-state index contributed by atoms with van der Waals surface area (Å²) < 4.78 is 3.27. The molecule has 0 aliphatic heterocycles. The second-order valence-electron chi connectivity index (χ2n) is 3.23. The summed E-state index contributed by atoms with van der Waals surface area (Å²) in [4.78, 5) is 3.89. The van der Waals surface area contributed by atoms with Crippen molar-refractivity contribution in [3.05, 3.63) is 30.1 Å². The Morgan fingerprint density at radius 3 is 3.00 bits per heavy atom. The molecule has 0 fully saturated rings. The molecular weight excluding hydrogens is 210 g/mol. The molecule has 0 aliphatic carbocycles. The lowest BCUT2D eigenvalue weighted by molar-refractivity contribution is 0.318. The van der Waals surface area contributed by atoms with Crippen LogP contribution in [-0.4, -0.2) is 35.6 Å². The van der Waals surface area contributed by atoms with E-state index in [0.717, 1.165) is 5.69 Å². The number of nitrogens with zero attached hydrogens (tertiary/aromatic N) is 6. The second-order valence-corrected chi connectivity index (χ2v) is 3.23. The van der Waals surface area contributed by atoms with Crippen molar-refractivity contribution in [3.8, 4) is 0 Å². The van der Waals surface area contributed by atoms with E-state index in [-0.39, 0.29) is 11.7 Å². The number of rotatable bonds is 3. The van der Waals surface area contributed by atoms with Crippen LogP contribution in [0, 0.1) is 0 Å². The molecule has 2 rings (SSSR count). The summed E-state index contributed by atoms with van der Waals surface area (Å²) in [5, 5.41) is 19.5. The lowest BCUT2D eigenvalue weighted by atomic mass is 10.4. The number of nitrogens with two attached hydrogens (primary N) is 1. The standard InChI is InChI=1S/C8H11N7O/c1-14-3-2-6(11-14)4-15-5-10-8(12-15)7(9)13-16/h2-3,5,16H,4H2,1H3,(H2,9,13). The van der Waals surface area contributed by atoms with Crippen molar-refractivity contribution in [2.45, 2.75) is 6.54 Å². The lowest BCUT2D eigenvalue weighted by Crippen LogP contribution is -2.15. The van der Waals surface area contributed by atoms with Gasteiger partial charge in [0, 0.05) is 13.2 Å².